The number of carbonyl (C=O) groups excluding carboxylic acids is 1. The highest BCUT2D eigenvalue weighted by atomic mass is 35.5. The fraction of sp³-hybridized carbons (Fsp3) is 0.632. The van der Waals surface area contributed by atoms with Crippen molar-refractivity contribution in [2.75, 3.05) is 19.6 Å². The van der Waals surface area contributed by atoms with Crippen LogP contribution in [0.2, 0.25) is 5.02 Å². The summed E-state index contributed by atoms with van der Waals surface area (Å²) in [6, 6.07) is 8.61. The molecular weight excluding hydrogens is 308 g/mol. The van der Waals surface area contributed by atoms with Gasteiger partial charge in [0.2, 0.25) is 5.91 Å². The monoisotopic (exact) mass is 336 g/mol. The zero-order valence-electron chi connectivity index (χ0n) is 14.4. The smallest absolute Gasteiger partial charge is 0.222 e. The average Bonchev–Trinajstić information content (AvgIpc) is 2.55. The fourth-order valence-electron chi connectivity index (χ4n) is 3.37. The second-order valence-corrected chi connectivity index (χ2v) is 7.05. The van der Waals surface area contributed by atoms with Gasteiger partial charge in [-0.3, -0.25) is 4.79 Å². The standard InChI is InChI=1S/C19H29ClN2O/c1-3-18(15(2)14-16-7-9-17(20)10-8-16)21-11-13-22-12-5-4-6-19(22)23/h7-10,15,18,21H,3-6,11-14H2,1-2H3. The van der Waals surface area contributed by atoms with Crippen LogP contribution in [-0.4, -0.2) is 36.5 Å². The van der Waals surface area contributed by atoms with Crippen molar-refractivity contribution in [1.29, 1.82) is 0 Å². The van der Waals surface area contributed by atoms with Crippen LogP contribution in [0.3, 0.4) is 0 Å². The number of nitrogens with zero attached hydrogens (tertiary/aromatic N) is 1. The first-order valence-electron chi connectivity index (χ1n) is 8.85. The van der Waals surface area contributed by atoms with Crippen molar-refractivity contribution in [3.05, 3.63) is 34.9 Å². The average molecular weight is 337 g/mol. The molecule has 1 heterocycles. The third-order valence-electron chi connectivity index (χ3n) is 4.81. The number of likely N-dealkylation sites (tertiary alicyclic amines) is 1. The van der Waals surface area contributed by atoms with Crippen molar-refractivity contribution < 1.29 is 4.79 Å². The molecule has 0 radical (unpaired) electrons. The molecule has 0 bridgehead atoms. The lowest BCUT2D eigenvalue weighted by Gasteiger charge is -2.29. The number of rotatable bonds is 8. The quantitative estimate of drug-likeness (QED) is 0.780. The van der Waals surface area contributed by atoms with Gasteiger partial charge in [0.25, 0.3) is 0 Å². The Morgan fingerprint density at radius 2 is 2.00 bits per heavy atom. The molecule has 4 heteroatoms. The molecule has 1 fully saturated rings. The lowest BCUT2D eigenvalue weighted by atomic mass is 9.92. The minimum absolute atomic E-state index is 0.320. The van der Waals surface area contributed by atoms with Crippen molar-refractivity contribution in [3.63, 3.8) is 0 Å². The molecule has 3 nitrogen and oxygen atoms in total. The summed E-state index contributed by atoms with van der Waals surface area (Å²) < 4.78 is 0. The van der Waals surface area contributed by atoms with Crippen LogP contribution in [0.5, 0.6) is 0 Å². The zero-order chi connectivity index (χ0) is 16.7. The van der Waals surface area contributed by atoms with E-state index in [1.165, 1.54) is 5.56 Å². The third-order valence-corrected chi connectivity index (χ3v) is 5.06. The highest BCUT2D eigenvalue weighted by Gasteiger charge is 2.19. The van der Waals surface area contributed by atoms with E-state index in [1.807, 2.05) is 17.0 Å². The lowest BCUT2D eigenvalue weighted by molar-refractivity contribution is -0.133. The van der Waals surface area contributed by atoms with E-state index in [0.717, 1.165) is 56.8 Å². The molecule has 23 heavy (non-hydrogen) atoms. The highest BCUT2D eigenvalue weighted by molar-refractivity contribution is 6.30. The first kappa shape index (κ1) is 18.3. The van der Waals surface area contributed by atoms with E-state index in [1.54, 1.807) is 0 Å². The second-order valence-electron chi connectivity index (χ2n) is 6.61. The number of nitrogens with one attached hydrogen (secondary N) is 1. The summed E-state index contributed by atoms with van der Waals surface area (Å²) in [6.07, 6.45) is 5.08. The molecule has 2 unspecified atom stereocenters. The zero-order valence-corrected chi connectivity index (χ0v) is 15.1. The van der Waals surface area contributed by atoms with Crippen LogP contribution in [0.1, 0.15) is 45.1 Å². The number of benzene rings is 1. The molecule has 128 valence electrons. The van der Waals surface area contributed by atoms with Crippen LogP contribution in [-0.2, 0) is 11.2 Å². The summed E-state index contributed by atoms with van der Waals surface area (Å²) in [5, 5.41) is 4.44. The molecule has 0 saturated carbocycles. The molecule has 1 aliphatic rings. The van der Waals surface area contributed by atoms with Crippen molar-refractivity contribution in [2.45, 2.75) is 52.0 Å². The van der Waals surface area contributed by atoms with Gasteiger partial charge in [-0.25, -0.2) is 0 Å². The number of amides is 1. The molecule has 2 atom stereocenters. The van der Waals surface area contributed by atoms with Crippen LogP contribution >= 0.6 is 11.6 Å². The van der Waals surface area contributed by atoms with Crippen LogP contribution in [0.25, 0.3) is 0 Å². The predicted molar refractivity (Wildman–Crippen MR) is 96.8 cm³/mol. The number of halogens is 1. The highest BCUT2D eigenvalue weighted by Crippen LogP contribution is 2.17. The lowest BCUT2D eigenvalue weighted by Crippen LogP contribution is -2.43. The van der Waals surface area contributed by atoms with Gasteiger partial charge in [0, 0.05) is 37.1 Å². The van der Waals surface area contributed by atoms with Crippen molar-refractivity contribution >= 4 is 17.5 Å². The molecule has 1 N–H and O–H groups in total. The van der Waals surface area contributed by atoms with Crippen LogP contribution in [0.15, 0.2) is 24.3 Å². The second kappa shape index (κ2) is 9.29. The van der Waals surface area contributed by atoms with Crippen molar-refractivity contribution in [3.8, 4) is 0 Å². The van der Waals surface area contributed by atoms with E-state index < -0.39 is 0 Å². The van der Waals surface area contributed by atoms with Gasteiger partial charge in [-0.05, 0) is 49.3 Å². The van der Waals surface area contributed by atoms with E-state index in [9.17, 15) is 4.79 Å². The van der Waals surface area contributed by atoms with Gasteiger partial charge in [0.1, 0.15) is 0 Å². The van der Waals surface area contributed by atoms with Crippen LogP contribution in [0, 0.1) is 5.92 Å². The maximum absolute atomic E-state index is 11.8. The van der Waals surface area contributed by atoms with Crippen LogP contribution < -0.4 is 5.32 Å². The normalized spacial score (nSPS) is 18.0. The van der Waals surface area contributed by atoms with Gasteiger partial charge >= 0.3 is 0 Å². The molecular formula is C19H29ClN2O. The number of carbonyl (C=O) groups is 1. The molecule has 0 aliphatic carbocycles. The topological polar surface area (TPSA) is 32.3 Å². The van der Waals surface area contributed by atoms with E-state index in [0.29, 0.717) is 17.9 Å². The van der Waals surface area contributed by atoms with Crippen molar-refractivity contribution in [1.82, 2.24) is 10.2 Å². The molecule has 1 aliphatic heterocycles. The maximum Gasteiger partial charge on any atom is 0.222 e. The van der Waals surface area contributed by atoms with E-state index in [4.69, 9.17) is 11.6 Å². The van der Waals surface area contributed by atoms with E-state index >= 15 is 0 Å². The van der Waals surface area contributed by atoms with Crippen molar-refractivity contribution in [2.24, 2.45) is 5.92 Å². The Morgan fingerprint density at radius 1 is 1.26 bits per heavy atom. The third kappa shape index (κ3) is 5.82. The van der Waals surface area contributed by atoms with E-state index in [2.05, 4.69) is 31.3 Å². The summed E-state index contributed by atoms with van der Waals surface area (Å²) in [4.78, 5) is 13.8. The summed E-state index contributed by atoms with van der Waals surface area (Å²) >= 11 is 5.95. The number of piperidine rings is 1. The summed E-state index contributed by atoms with van der Waals surface area (Å²) in [5.74, 6) is 0.874. The molecule has 0 spiro atoms. The molecule has 2 rings (SSSR count). The van der Waals surface area contributed by atoms with Crippen LogP contribution in [0.4, 0.5) is 0 Å². The predicted octanol–water partition coefficient (Wildman–Crippen LogP) is 3.90. The Hall–Kier alpha value is -1.06. The Balaban J connectivity index is 1.77. The van der Waals surface area contributed by atoms with E-state index in [-0.39, 0.29) is 0 Å². The van der Waals surface area contributed by atoms with Gasteiger partial charge in [-0.15, -0.1) is 0 Å². The number of hydrogen-bond donors (Lipinski definition) is 1. The molecule has 1 aromatic rings. The number of hydrogen-bond acceptors (Lipinski definition) is 2. The molecule has 1 aromatic carbocycles. The Labute approximate surface area is 145 Å². The minimum Gasteiger partial charge on any atom is -0.341 e. The fourth-order valence-corrected chi connectivity index (χ4v) is 3.49. The molecule has 1 amide bonds. The SMILES string of the molecule is CCC(NCCN1CCCCC1=O)C(C)Cc1ccc(Cl)cc1. The van der Waals surface area contributed by atoms with Gasteiger partial charge in [-0.2, -0.15) is 0 Å². The first-order valence-corrected chi connectivity index (χ1v) is 9.23. The molecule has 0 aromatic heterocycles. The maximum atomic E-state index is 11.8. The summed E-state index contributed by atoms with van der Waals surface area (Å²) in [7, 11) is 0. The van der Waals surface area contributed by atoms with Gasteiger partial charge in [0.05, 0.1) is 0 Å². The first-order chi connectivity index (χ1) is 11.1. The Bertz CT molecular complexity index is 489. The Kier molecular flexibility index (Phi) is 7.38. The largest absolute Gasteiger partial charge is 0.341 e. The van der Waals surface area contributed by atoms with Gasteiger partial charge in [-0.1, -0.05) is 37.6 Å². The van der Waals surface area contributed by atoms with Gasteiger partial charge < -0.3 is 10.2 Å². The van der Waals surface area contributed by atoms with Gasteiger partial charge in [0.15, 0.2) is 0 Å². The summed E-state index contributed by atoms with van der Waals surface area (Å²) in [5.41, 5.74) is 1.33. The Morgan fingerprint density at radius 3 is 2.65 bits per heavy atom. The minimum atomic E-state index is 0.320. The summed E-state index contributed by atoms with van der Waals surface area (Å²) in [6.45, 7) is 7.17. The molecule has 1 saturated heterocycles.